The number of ether oxygens (including phenoxy) is 1. The molecule has 1 aliphatic rings. The third kappa shape index (κ3) is 3.95. The number of sulfonamides is 1. The summed E-state index contributed by atoms with van der Waals surface area (Å²) in [4.78, 5) is 14.8. The third-order valence-electron chi connectivity index (χ3n) is 5.28. The zero-order valence-corrected chi connectivity index (χ0v) is 18.8. The molecule has 8 heteroatoms. The van der Waals surface area contributed by atoms with E-state index in [-0.39, 0.29) is 23.9 Å². The van der Waals surface area contributed by atoms with Gasteiger partial charge in [0.15, 0.2) is 0 Å². The molecular weight excluding hydrogens is 468 g/mol. The van der Waals surface area contributed by atoms with Crippen molar-refractivity contribution in [3.8, 4) is 5.75 Å². The first-order chi connectivity index (χ1) is 14.4. The summed E-state index contributed by atoms with van der Waals surface area (Å²) in [7, 11) is -2.05. The molecule has 30 heavy (non-hydrogen) atoms. The maximum Gasteiger partial charge on any atom is 0.253 e. The molecule has 0 radical (unpaired) electrons. The highest BCUT2D eigenvalue weighted by atomic mass is 79.9. The molecule has 0 atom stereocenters. The Balaban J connectivity index is 1.48. The number of piperazine rings is 1. The van der Waals surface area contributed by atoms with Crippen molar-refractivity contribution in [2.45, 2.75) is 4.90 Å². The van der Waals surface area contributed by atoms with Crippen LogP contribution in [-0.4, -0.2) is 56.8 Å². The van der Waals surface area contributed by atoms with E-state index in [4.69, 9.17) is 4.74 Å². The number of rotatable bonds is 4. The highest BCUT2D eigenvalue weighted by Crippen LogP contribution is 2.27. The highest BCUT2D eigenvalue weighted by Gasteiger charge is 2.30. The smallest absolute Gasteiger partial charge is 0.253 e. The second kappa shape index (κ2) is 8.37. The van der Waals surface area contributed by atoms with Crippen molar-refractivity contribution in [3.63, 3.8) is 0 Å². The minimum absolute atomic E-state index is 0.124. The van der Waals surface area contributed by atoms with Crippen molar-refractivity contribution in [1.82, 2.24) is 9.21 Å². The Morgan fingerprint density at radius 1 is 0.933 bits per heavy atom. The Kier molecular flexibility index (Phi) is 5.81. The molecular formula is C22H21BrN2O4S. The number of halogens is 1. The van der Waals surface area contributed by atoms with Crippen molar-refractivity contribution < 1.29 is 17.9 Å². The van der Waals surface area contributed by atoms with E-state index in [9.17, 15) is 13.2 Å². The Morgan fingerprint density at radius 3 is 2.30 bits per heavy atom. The van der Waals surface area contributed by atoms with Crippen molar-refractivity contribution >= 4 is 42.6 Å². The van der Waals surface area contributed by atoms with Crippen LogP contribution in [0.1, 0.15) is 10.4 Å². The second-order valence-electron chi connectivity index (χ2n) is 7.05. The van der Waals surface area contributed by atoms with E-state index in [2.05, 4.69) is 15.9 Å². The van der Waals surface area contributed by atoms with Crippen LogP contribution in [0.4, 0.5) is 0 Å². The number of carbonyl (C=O) groups is 1. The average molecular weight is 489 g/mol. The number of carbonyl (C=O) groups excluding carboxylic acids is 1. The standard InChI is InChI=1S/C22H21BrN2O4S/c1-29-21-9-7-18(15-20(21)23)22(26)24-10-12-25(13-11-24)30(27,28)19-8-6-16-4-2-3-5-17(16)14-19/h2-9,14-15H,10-13H2,1H3. The van der Waals surface area contributed by atoms with Gasteiger partial charge in [0.05, 0.1) is 16.5 Å². The lowest BCUT2D eigenvalue weighted by Gasteiger charge is -2.34. The van der Waals surface area contributed by atoms with Crippen molar-refractivity contribution in [3.05, 3.63) is 70.7 Å². The van der Waals surface area contributed by atoms with Crippen LogP contribution in [0.3, 0.4) is 0 Å². The van der Waals surface area contributed by atoms with Gasteiger partial charge in [-0.05, 0) is 57.0 Å². The molecule has 1 heterocycles. The van der Waals surface area contributed by atoms with Gasteiger partial charge in [-0.2, -0.15) is 4.31 Å². The van der Waals surface area contributed by atoms with E-state index in [1.807, 2.05) is 30.3 Å². The number of hydrogen-bond acceptors (Lipinski definition) is 4. The molecule has 156 valence electrons. The Morgan fingerprint density at radius 2 is 1.63 bits per heavy atom. The zero-order chi connectivity index (χ0) is 21.3. The van der Waals surface area contributed by atoms with E-state index in [0.29, 0.717) is 28.9 Å². The molecule has 1 aliphatic heterocycles. The first-order valence-corrected chi connectivity index (χ1v) is 11.8. The summed E-state index contributed by atoms with van der Waals surface area (Å²) in [6, 6.07) is 18.0. The molecule has 0 aromatic heterocycles. The van der Waals surface area contributed by atoms with Gasteiger partial charge in [0.25, 0.3) is 5.91 Å². The van der Waals surface area contributed by atoms with E-state index in [0.717, 1.165) is 10.8 Å². The summed E-state index contributed by atoms with van der Waals surface area (Å²) in [5, 5.41) is 1.88. The molecule has 3 aromatic rings. The van der Waals surface area contributed by atoms with E-state index in [1.54, 1.807) is 42.3 Å². The lowest BCUT2D eigenvalue weighted by molar-refractivity contribution is 0.0698. The summed E-state index contributed by atoms with van der Waals surface area (Å²) in [6.07, 6.45) is 0. The molecule has 1 fully saturated rings. The normalized spacial score (nSPS) is 15.3. The van der Waals surface area contributed by atoms with Gasteiger partial charge < -0.3 is 9.64 Å². The molecule has 3 aromatic carbocycles. The predicted molar refractivity (Wildman–Crippen MR) is 119 cm³/mol. The molecule has 0 N–H and O–H groups in total. The van der Waals surface area contributed by atoms with Crippen LogP contribution in [0.5, 0.6) is 5.75 Å². The summed E-state index contributed by atoms with van der Waals surface area (Å²) < 4.78 is 33.5. The van der Waals surface area contributed by atoms with Gasteiger partial charge in [-0.15, -0.1) is 0 Å². The topological polar surface area (TPSA) is 66.9 Å². The summed E-state index contributed by atoms with van der Waals surface area (Å²) in [5.41, 5.74) is 0.536. The van der Waals surface area contributed by atoms with Gasteiger partial charge >= 0.3 is 0 Å². The lowest BCUT2D eigenvalue weighted by Crippen LogP contribution is -2.50. The number of hydrogen-bond donors (Lipinski definition) is 0. The van der Waals surface area contributed by atoms with Gasteiger partial charge in [0.2, 0.25) is 10.0 Å². The van der Waals surface area contributed by atoms with Crippen LogP contribution < -0.4 is 4.74 Å². The van der Waals surface area contributed by atoms with Crippen LogP contribution in [0, 0.1) is 0 Å². The highest BCUT2D eigenvalue weighted by molar-refractivity contribution is 9.10. The molecule has 0 aliphatic carbocycles. The van der Waals surface area contributed by atoms with Crippen molar-refractivity contribution in [2.75, 3.05) is 33.3 Å². The molecule has 1 saturated heterocycles. The van der Waals surface area contributed by atoms with Crippen LogP contribution in [0.25, 0.3) is 10.8 Å². The van der Waals surface area contributed by atoms with Crippen molar-refractivity contribution in [1.29, 1.82) is 0 Å². The summed E-state index contributed by atoms with van der Waals surface area (Å²) in [5.74, 6) is 0.527. The fourth-order valence-corrected chi connectivity index (χ4v) is 5.59. The summed E-state index contributed by atoms with van der Waals surface area (Å²) in [6.45, 7) is 1.21. The molecule has 0 bridgehead atoms. The second-order valence-corrected chi connectivity index (χ2v) is 9.85. The van der Waals surface area contributed by atoms with Crippen LogP contribution in [0.15, 0.2) is 70.0 Å². The average Bonchev–Trinajstić information content (AvgIpc) is 2.78. The maximum atomic E-state index is 13.1. The summed E-state index contributed by atoms with van der Waals surface area (Å²) >= 11 is 3.39. The Labute approximate surface area is 184 Å². The minimum atomic E-state index is -3.61. The molecule has 6 nitrogen and oxygen atoms in total. The van der Waals surface area contributed by atoms with E-state index >= 15 is 0 Å². The maximum absolute atomic E-state index is 13.1. The fourth-order valence-electron chi connectivity index (χ4n) is 3.59. The zero-order valence-electron chi connectivity index (χ0n) is 16.4. The SMILES string of the molecule is COc1ccc(C(=O)N2CCN(S(=O)(=O)c3ccc4ccccc4c3)CC2)cc1Br. The fraction of sp³-hybridized carbons (Fsp3) is 0.227. The van der Waals surface area contributed by atoms with Gasteiger partial charge in [-0.25, -0.2) is 8.42 Å². The number of nitrogens with zero attached hydrogens (tertiary/aromatic N) is 2. The van der Waals surface area contributed by atoms with Crippen LogP contribution in [0.2, 0.25) is 0 Å². The largest absolute Gasteiger partial charge is 0.496 e. The van der Waals surface area contributed by atoms with E-state index < -0.39 is 10.0 Å². The molecule has 0 saturated carbocycles. The quantitative estimate of drug-likeness (QED) is 0.560. The van der Waals surface area contributed by atoms with Crippen LogP contribution in [-0.2, 0) is 10.0 Å². The predicted octanol–water partition coefficient (Wildman–Crippen LogP) is 3.76. The van der Waals surface area contributed by atoms with Gasteiger partial charge in [0.1, 0.15) is 5.75 Å². The van der Waals surface area contributed by atoms with Gasteiger partial charge in [-0.3, -0.25) is 4.79 Å². The lowest BCUT2D eigenvalue weighted by atomic mass is 10.1. The molecule has 4 rings (SSSR count). The molecule has 0 spiro atoms. The van der Waals surface area contributed by atoms with Gasteiger partial charge in [-0.1, -0.05) is 30.3 Å². The first-order valence-electron chi connectivity index (χ1n) is 9.52. The Bertz CT molecular complexity index is 1200. The van der Waals surface area contributed by atoms with Crippen LogP contribution >= 0.6 is 15.9 Å². The third-order valence-corrected chi connectivity index (χ3v) is 7.80. The minimum Gasteiger partial charge on any atom is -0.496 e. The Hall–Kier alpha value is -2.42. The number of benzene rings is 3. The first kappa shape index (κ1) is 20.8. The van der Waals surface area contributed by atoms with Crippen molar-refractivity contribution in [2.24, 2.45) is 0 Å². The monoisotopic (exact) mass is 488 g/mol. The number of amides is 1. The van der Waals surface area contributed by atoms with Gasteiger partial charge in [0, 0.05) is 31.7 Å². The molecule has 1 amide bonds. The van der Waals surface area contributed by atoms with E-state index in [1.165, 1.54) is 4.31 Å². The number of methoxy groups -OCH3 is 1. The molecule has 0 unspecified atom stereocenters. The number of fused-ring (bicyclic) bond motifs is 1.